The van der Waals surface area contributed by atoms with Crippen molar-refractivity contribution in [3.8, 4) is 0 Å². The number of hydrogen-bond donors (Lipinski definition) is 2. The van der Waals surface area contributed by atoms with Crippen LogP contribution in [0.1, 0.15) is 27.2 Å². The summed E-state index contributed by atoms with van der Waals surface area (Å²) >= 11 is 0. The Labute approximate surface area is 81.5 Å². The summed E-state index contributed by atoms with van der Waals surface area (Å²) < 4.78 is 0. The Morgan fingerprint density at radius 1 is 1.50 bits per heavy atom. The van der Waals surface area contributed by atoms with Crippen LogP contribution < -0.4 is 11.1 Å². The average Bonchev–Trinajstić information content (AvgIpc) is 2.68. The number of amides is 1. The zero-order chi connectivity index (χ0) is 9.71. The zero-order valence-corrected chi connectivity index (χ0v) is 7.71. The van der Waals surface area contributed by atoms with Crippen molar-refractivity contribution in [2.24, 2.45) is 5.73 Å². The molecule has 0 aromatic carbocycles. The van der Waals surface area contributed by atoms with Crippen molar-refractivity contribution in [2.45, 2.75) is 25.4 Å². The van der Waals surface area contributed by atoms with Gasteiger partial charge < -0.3 is 11.1 Å². The summed E-state index contributed by atoms with van der Waals surface area (Å²) in [6, 6.07) is 0.136. The van der Waals surface area contributed by atoms with E-state index in [0.29, 0.717) is 6.54 Å². The van der Waals surface area contributed by atoms with Crippen LogP contribution >= 0.6 is 0 Å². The van der Waals surface area contributed by atoms with Gasteiger partial charge in [0.25, 0.3) is 5.91 Å². The molecular formula is C10H11N3O. The van der Waals surface area contributed by atoms with E-state index in [0.717, 1.165) is 35.2 Å². The molecule has 2 aliphatic rings. The number of nitrogens with one attached hydrogen (secondary N) is 1. The number of aromatic nitrogens is 1. The summed E-state index contributed by atoms with van der Waals surface area (Å²) in [5.74, 6) is 0.0350. The van der Waals surface area contributed by atoms with E-state index in [1.54, 1.807) is 6.20 Å². The third-order valence-electron chi connectivity index (χ3n) is 2.94. The predicted molar refractivity (Wildman–Crippen MR) is 50.8 cm³/mol. The first-order valence-corrected chi connectivity index (χ1v) is 4.79. The minimum Gasteiger partial charge on any atom is -0.348 e. The van der Waals surface area contributed by atoms with E-state index in [9.17, 15) is 4.79 Å². The highest BCUT2D eigenvalue weighted by atomic mass is 16.1. The van der Waals surface area contributed by atoms with Crippen LogP contribution in [0.5, 0.6) is 0 Å². The average molecular weight is 189 g/mol. The Bertz CT molecular complexity index is 428. The Kier molecular flexibility index (Phi) is 1.44. The summed E-state index contributed by atoms with van der Waals surface area (Å²) in [6.45, 7) is 0.615. The Morgan fingerprint density at radius 2 is 2.36 bits per heavy atom. The van der Waals surface area contributed by atoms with Crippen molar-refractivity contribution in [3.63, 3.8) is 0 Å². The predicted octanol–water partition coefficient (Wildman–Crippen LogP) is -0.249. The van der Waals surface area contributed by atoms with Crippen LogP contribution in [-0.4, -0.2) is 16.9 Å². The molecule has 1 aliphatic carbocycles. The monoisotopic (exact) mass is 189 g/mol. The summed E-state index contributed by atoms with van der Waals surface area (Å²) in [6.07, 6.45) is 3.39. The standard InChI is InChI=1S/C10H11N3O/c11-6-1-7-8(2-6)12-3-5-4-13-10(14)9(5)7/h3,6H,1-2,4,11H2,(H,13,14). The van der Waals surface area contributed by atoms with Gasteiger partial charge in [-0.25, -0.2) is 0 Å². The molecule has 0 fully saturated rings. The van der Waals surface area contributed by atoms with E-state index in [-0.39, 0.29) is 11.9 Å². The number of hydrogen-bond acceptors (Lipinski definition) is 3. The summed E-state index contributed by atoms with van der Waals surface area (Å²) in [5, 5.41) is 2.81. The number of carbonyl (C=O) groups is 1. The quantitative estimate of drug-likeness (QED) is 0.591. The van der Waals surface area contributed by atoms with Crippen molar-refractivity contribution < 1.29 is 4.79 Å². The van der Waals surface area contributed by atoms with Crippen molar-refractivity contribution in [3.05, 3.63) is 28.6 Å². The molecule has 0 saturated heterocycles. The minimum atomic E-state index is 0.0350. The molecule has 0 radical (unpaired) electrons. The normalized spacial score (nSPS) is 23.2. The fourth-order valence-corrected chi connectivity index (χ4v) is 2.30. The molecule has 3 rings (SSSR count). The second kappa shape index (κ2) is 2.54. The third-order valence-corrected chi connectivity index (χ3v) is 2.94. The first-order chi connectivity index (χ1) is 6.75. The number of nitrogens with zero attached hydrogens (tertiary/aromatic N) is 1. The van der Waals surface area contributed by atoms with Gasteiger partial charge in [-0.05, 0) is 12.0 Å². The maximum absolute atomic E-state index is 11.6. The highest BCUT2D eigenvalue weighted by Crippen LogP contribution is 2.27. The van der Waals surface area contributed by atoms with E-state index in [4.69, 9.17) is 5.73 Å². The van der Waals surface area contributed by atoms with Gasteiger partial charge in [0.05, 0.1) is 5.56 Å². The van der Waals surface area contributed by atoms with Crippen molar-refractivity contribution in [1.82, 2.24) is 10.3 Å². The number of pyridine rings is 1. The van der Waals surface area contributed by atoms with E-state index in [1.807, 2.05) is 0 Å². The molecule has 2 heterocycles. The number of nitrogens with two attached hydrogens (primary N) is 1. The zero-order valence-electron chi connectivity index (χ0n) is 7.71. The molecule has 0 spiro atoms. The van der Waals surface area contributed by atoms with Gasteiger partial charge in [-0.3, -0.25) is 9.78 Å². The van der Waals surface area contributed by atoms with E-state index < -0.39 is 0 Å². The van der Waals surface area contributed by atoms with Gasteiger partial charge in [-0.15, -0.1) is 0 Å². The van der Waals surface area contributed by atoms with Gasteiger partial charge in [0.2, 0.25) is 0 Å². The number of fused-ring (bicyclic) bond motifs is 3. The molecule has 14 heavy (non-hydrogen) atoms. The Hall–Kier alpha value is -1.42. The number of rotatable bonds is 0. The molecular weight excluding hydrogens is 178 g/mol. The lowest BCUT2D eigenvalue weighted by molar-refractivity contribution is 0.0965. The molecule has 4 nitrogen and oxygen atoms in total. The van der Waals surface area contributed by atoms with Crippen LogP contribution in [0.3, 0.4) is 0 Å². The lowest BCUT2D eigenvalue weighted by Gasteiger charge is -2.02. The third kappa shape index (κ3) is 0.915. The highest BCUT2D eigenvalue weighted by molar-refractivity contribution is 6.00. The molecule has 1 unspecified atom stereocenters. The van der Waals surface area contributed by atoms with E-state index in [1.165, 1.54) is 0 Å². The smallest absolute Gasteiger partial charge is 0.252 e. The maximum Gasteiger partial charge on any atom is 0.252 e. The van der Waals surface area contributed by atoms with Crippen LogP contribution in [0.4, 0.5) is 0 Å². The van der Waals surface area contributed by atoms with Crippen LogP contribution in [0.2, 0.25) is 0 Å². The number of carbonyl (C=O) groups excluding carboxylic acids is 1. The lowest BCUT2D eigenvalue weighted by Crippen LogP contribution is -2.20. The summed E-state index contributed by atoms with van der Waals surface area (Å²) in [4.78, 5) is 15.9. The fraction of sp³-hybridized carbons (Fsp3) is 0.400. The van der Waals surface area contributed by atoms with Crippen LogP contribution in [0, 0.1) is 0 Å². The Morgan fingerprint density at radius 3 is 3.21 bits per heavy atom. The fourth-order valence-electron chi connectivity index (χ4n) is 2.30. The SMILES string of the molecule is NC1Cc2ncc3c(c2C1)C(=O)NC3. The minimum absolute atomic E-state index is 0.0350. The highest BCUT2D eigenvalue weighted by Gasteiger charge is 2.30. The molecule has 1 aromatic heterocycles. The van der Waals surface area contributed by atoms with Crippen LogP contribution in [-0.2, 0) is 19.4 Å². The van der Waals surface area contributed by atoms with Gasteiger partial charge in [0.15, 0.2) is 0 Å². The van der Waals surface area contributed by atoms with Crippen LogP contribution in [0.25, 0.3) is 0 Å². The molecule has 1 aliphatic heterocycles. The molecule has 1 aromatic rings. The first-order valence-electron chi connectivity index (χ1n) is 4.79. The topological polar surface area (TPSA) is 68.0 Å². The Balaban J connectivity index is 2.22. The molecule has 0 saturated carbocycles. The second-order valence-electron chi connectivity index (χ2n) is 3.93. The van der Waals surface area contributed by atoms with E-state index >= 15 is 0 Å². The van der Waals surface area contributed by atoms with Crippen molar-refractivity contribution in [1.29, 1.82) is 0 Å². The second-order valence-corrected chi connectivity index (χ2v) is 3.93. The molecule has 3 N–H and O–H groups in total. The van der Waals surface area contributed by atoms with Gasteiger partial charge in [-0.2, -0.15) is 0 Å². The van der Waals surface area contributed by atoms with Crippen LogP contribution in [0.15, 0.2) is 6.20 Å². The lowest BCUT2D eigenvalue weighted by atomic mass is 10.0. The van der Waals surface area contributed by atoms with Gasteiger partial charge in [-0.1, -0.05) is 0 Å². The molecule has 4 heteroatoms. The van der Waals surface area contributed by atoms with Crippen molar-refractivity contribution in [2.75, 3.05) is 0 Å². The molecule has 1 amide bonds. The van der Waals surface area contributed by atoms with E-state index in [2.05, 4.69) is 10.3 Å². The van der Waals surface area contributed by atoms with Gasteiger partial charge in [0.1, 0.15) is 0 Å². The summed E-state index contributed by atoms with van der Waals surface area (Å²) in [7, 11) is 0. The van der Waals surface area contributed by atoms with Gasteiger partial charge in [0, 0.05) is 36.5 Å². The van der Waals surface area contributed by atoms with Gasteiger partial charge >= 0.3 is 0 Å². The molecule has 72 valence electrons. The molecule has 1 atom stereocenters. The van der Waals surface area contributed by atoms with Crippen molar-refractivity contribution >= 4 is 5.91 Å². The maximum atomic E-state index is 11.6. The largest absolute Gasteiger partial charge is 0.348 e. The summed E-state index contributed by atoms with van der Waals surface area (Å²) in [5.41, 5.74) is 9.79. The first kappa shape index (κ1) is 7.94. The molecule has 0 bridgehead atoms.